The van der Waals surface area contributed by atoms with Crippen molar-refractivity contribution in [3.63, 3.8) is 0 Å². The maximum Gasteiger partial charge on any atom is 0.0853 e. The van der Waals surface area contributed by atoms with E-state index in [1.54, 1.807) is 6.07 Å². The van der Waals surface area contributed by atoms with Crippen molar-refractivity contribution in [2.24, 2.45) is 5.73 Å². The lowest BCUT2D eigenvalue weighted by Gasteiger charge is -2.04. The van der Waals surface area contributed by atoms with Gasteiger partial charge in [-0.3, -0.25) is 4.98 Å². The lowest BCUT2D eigenvalue weighted by Crippen LogP contribution is -2.08. The number of aliphatic hydroxyl groups excluding tert-OH is 1. The van der Waals surface area contributed by atoms with E-state index in [-0.39, 0.29) is 37.5 Å². The van der Waals surface area contributed by atoms with Crippen LogP contribution in [0.15, 0.2) is 18.2 Å². The molecular weight excluding hydrogens is 211 g/mol. The molecule has 1 unspecified atom stereocenters. The summed E-state index contributed by atoms with van der Waals surface area (Å²) in [6.07, 6.45) is 0. The second kappa shape index (κ2) is 7.09. The zero-order valence-corrected chi connectivity index (χ0v) is 8.94. The fourth-order valence-corrected chi connectivity index (χ4v) is 0.840. The molecule has 1 heterocycles. The number of aromatic nitrogens is 1. The van der Waals surface area contributed by atoms with Gasteiger partial charge in [0.05, 0.1) is 18.0 Å². The summed E-state index contributed by atoms with van der Waals surface area (Å²) in [6, 6.07) is 5.40. The van der Waals surface area contributed by atoms with Crippen LogP contribution in [-0.2, 0) is 6.61 Å². The van der Waals surface area contributed by atoms with E-state index < -0.39 is 0 Å². The number of aliphatic hydroxyl groups is 1. The molecule has 3 nitrogen and oxygen atoms in total. The topological polar surface area (TPSA) is 59.1 Å². The molecule has 1 atom stereocenters. The van der Waals surface area contributed by atoms with E-state index in [2.05, 4.69) is 4.98 Å². The van der Waals surface area contributed by atoms with E-state index in [4.69, 9.17) is 10.8 Å². The minimum absolute atomic E-state index is 0. The molecule has 1 rings (SSSR count). The molecule has 0 amide bonds. The van der Waals surface area contributed by atoms with E-state index >= 15 is 0 Å². The Labute approximate surface area is 90.2 Å². The minimum atomic E-state index is -0.0681. The Morgan fingerprint density at radius 2 is 2.08 bits per heavy atom. The summed E-state index contributed by atoms with van der Waals surface area (Å²) in [7, 11) is 0. The molecule has 13 heavy (non-hydrogen) atoms. The summed E-state index contributed by atoms with van der Waals surface area (Å²) in [4.78, 5) is 4.12. The van der Waals surface area contributed by atoms with Crippen LogP contribution in [0.1, 0.15) is 24.4 Å². The predicted molar refractivity (Wildman–Crippen MR) is 57.3 cm³/mol. The van der Waals surface area contributed by atoms with Gasteiger partial charge < -0.3 is 10.8 Å². The van der Waals surface area contributed by atoms with Crippen molar-refractivity contribution < 1.29 is 5.11 Å². The number of halogens is 2. The summed E-state index contributed by atoms with van der Waals surface area (Å²) >= 11 is 0. The van der Waals surface area contributed by atoms with Gasteiger partial charge in [-0.25, -0.2) is 0 Å². The number of nitrogens with zero attached hydrogens (tertiary/aromatic N) is 1. The quantitative estimate of drug-likeness (QED) is 0.800. The van der Waals surface area contributed by atoms with Crippen molar-refractivity contribution in [2.45, 2.75) is 19.6 Å². The van der Waals surface area contributed by atoms with Gasteiger partial charge in [-0.1, -0.05) is 6.07 Å². The molecule has 0 saturated heterocycles. The fourth-order valence-electron chi connectivity index (χ4n) is 0.840. The van der Waals surface area contributed by atoms with Crippen LogP contribution < -0.4 is 5.73 Å². The number of hydrogen-bond acceptors (Lipinski definition) is 3. The van der Waals surface area contributed by atoms with Gasteiger partial charge in [0, 0.05) is 6.04 Å². The van der Waals surface area contributed by atoms with E-state index in [0.717, 1.165) is 5.69 Å². The zero-order valence-electron chi connectivity index (χ0n) is 7.30. The maximum absolute atomic E-state index is 8.74. The second-order valence-corrected chi connectivity index (χ2v) is 2.50. The minimum Gasteiger partial charge on any atom is -0.390 e. The Balaban J connectivity index is 0. The van der Waals surface area contributed by atoms with Gasteiger partial charge in [0.25, 0.3) is 0 Å². The van der Waals surface area contributed by atoms with Crippen LogP contribution >= 0.6 is 24.8 Å². The molecule has 3 N–H and O–H groups in total. The van der Waals surface area contributed by atoms with Crippen molar-refractivity contribution in [1.82, 2.24) is 4.98 Å². The van der Waals surface area contributed by atoms with Gasteiger partial charge >= 0.3 is 0 Å². The standard InChI is InChI=1S/C8H12N2O.2ClH/c1-6(9)8-4-2-3-7(5-11)10-8;;/h2-4,6,11H,5,9H2,1H3;2*1H. The molecule has 0 bridgehead atoms. The average molecular weight is 225 g/mol. The smallest absolute Gasteiger partial charge is 0.0853 e. The molecule has 5 heteroatoms. The van der Waals surface area contributed by atoms with Gasteiger partial charge in [-0.15, -0.1) is 24.8 Å². The molecule has 0 aliphatic rings. The fraction of sp³-hybridized carbons (Fsp3) is 0.375. The predicted octanol–water partition coefficient (Wildman–Crippen LogP) is 1.44. The van der Waals surface area contributed by atoms with Crippen LogP contribution in [0.2, 0.25) is 0 Å². The molecule has 0 aromatic carbocycles. The van der Waals surface area contributed by atoms with Crippen LogP contribution in [0.3, 0.4) is 0 Å². The molecule has 0 aliphatic carbocycles. The number of hydrogen-bond donors (Lipinski definition) is 2. The second-order valence-electron chi connectivity index (χ2n) is 2.50. The Hall–Kier alpha value is -0.350. The summed E-state index contributed by atoms with van der Waals surface area (Å²) in [5.41, 5.74) is 7.08. The molecule has 0 saturated carbocycles. The highest BCUT2D eigenvalue weighted by atomic mass is 35.5. The van der Waals surface area contributed by atoms with Crippen LogP contribution in [0.25, 0.3) is 0 Å². The normalized spacial score (nSPS) is 11.0. The molecule has 76 valence electrons. The lowest BCUT2D eigenvalue weighted by molar-refractivity contribution is 0.276. The molecular formula is C8H14Cl2N2O. The van der Waals surface area contributed by atoms with Crippen LogP contribution in [0.5, 0.6) is 0 Å². The molecule has 0 spiro atoms. The summed E-state index contributed by atoms with van der Waals surface area (Å²) in [5.74, 6) is 0. The first-order valence-corrected chi connectivity index (χ1v) is 3.56. The van der Waals surface area contributed by atoms with Crippen molar-refractivity contribution >= 4 is 24.8 Å². The molecule has 0 aliphatic heterocycles. The van der Waals surface area contributed by atoms with Gasteiger partial charge in [0.1, 0.15) is 0 Å². The molecule has 0 radical (unpaired) electrons. The molecule has 1 aromatic rings. The number of rotatable bonds is 2. The lowest BCUT2D eigenvalue weighted by atomic mass is 10.2. The van der Waals surface area contributed by atoms with Crippen molar-refractivity contribution in [3.8, 4) is 0 Å². The van der Waals surface area contributed by atoms with E-state index in [1.165, 1.54) is 0 Å². The molecule has 0 fully saturated rings. The van der Waals surface area contributed by atoms with Crippen LogP contribution in [0.4, 0.5) is 0 Å². The molecule has 1 aromatic heterocycles. The number of nitrogens with two attached hydrogens (primary N) is 1. The van der Waals surface area contributed by atoms with E-state index in [0.29, 0.717) is 5.69 Å². The van der Waals surface area contributed by atoms with E-state index in [9.17, 15) is 0 Å². The third kappa shape index (κ3) is 4.43. The Morgan fingerprint density at radius 3 is 2.54 bits per heavy atom. The Kier molecular flexibility index (Phi) is 8.26. The SMILES string of the molecule is CC(N)c1cccc(CO)n1.Cl.Cl. The van der Waals surface area contributed by atoms with Crippen LogP contribution in [-0.4, -0.2) is 10.1 Å². The highest BCUT2D eigenvalue weighted by Crippen LogP contribution is 2.06. The highest BCUT2D eigenvalue weighted by Gasteiger charge is 2.00. The van der Waals surface area contributed by atoms with E-state index in [1.807, 2.05) is 19.1 Å². The Bertz CT molecular complexity index is 243. The summed E-state index contributed by atoms with van der Waals surface area (Å²) < 4.78 is 0. The highest BCUT2D eigenvalue weighted by molar-refractivity contribution is 5.85. The Morgan fingerprint density at radius 1 is 1.46 bits per heavy atom. The first-order valence-electron chi connectivity index (χ1n) is 3.56. The zero-order chi connectivity index (χ0) is 8.27. The van der Waals surface area contributed by atoms with Gasteiger partial charge in [-0.05, 0) is 19.1 Å². The van der Waals surface area contributed by atoms with Crippen molar-refractivity contribution in [3.05, 3.63) is 29.6 Å². The average Bonchev–Trinajstić information content (AvgIpc) is 2.05. The largest absolute Gasteiger partial charge is 0.390 e. The number of pyridine rings is 1. The van der Waals surface area contributed by atoms with Gasteiger partial charge in [-0.2, -0.15) is 0 Å². The first-order chi connectivity index (χ1) is 5.24. The van der Waals surface area contributed by atoms with Crippen molar-refractivity contribution in [1.29, 1.82) is 0 Å². The maximum atomic E-state index is 8.74. The monoisotopic (exact) mass is 224 g/mol. The van der Waals surface area contributed by atoms with Gasteiger partial charge in [0.15, 0.2) is 0 Å². The van der Waals surface area contributed by atoms with Gasteiger partial charge in [0.2, 0.25) is 0 Å². The summed E-state index contributed by atoms with van der Waals surface area (Å²) in [6.45, 7) is 1.84. The third-order valence-electron chi connectivity index (χ3n) is 1.46. The van der Waals surface area contributed by atoms with Crippen molar-refractivity contribution in [2.75, 3.05) is 0 Å². The van der Waals surface area contributed by atoms with Crippen LogP contribution in [0, 0.1) is 0 Å². The third-order valence-corrected chi connectivity index (χ3v) is 1.46. The summed E-state index contributed by atoms with van der Waals surface area (Å²) in [5, 5.41) is 8.74. The first kappa shape index (κ1) is 15.1.